The molecule has 0 radical (unpaired) electrons. The summed E-state index contributed by atoms with van der Waals surface area (Å²) in [6.07, 6.45) is 1.62. The smallest absolute Gasteiger partial charge is 0.262 e. The average Bonchev–Trinajstić information content (AvgIpc) is 2.41. The molecule has 2 aromatic rings. The van der Waals surface area contributed by atoms with Crippen LogP contribution in [0.3, 0.4) is 0 Å². The largest absolute Gasteiger partial charge is 0.361 e. The second kappa shape index (κ2) is 6.03. The van der Waals surface area contributed by atoms with Crippen LogP contribution in [0.25, 0.3) is 0 Å². The van der Waals surface area contributed by atoms with E-state index in [1.54, 1.807) is 41.4 Å². The highest BCUT2D eigenvalue weighted by Gasteiger charge is 2.17. The van der Waals surface area contributed by atoms with Gasteiger partial charge in [-0.15, -0.1) is 0 Å². The highest BCUT2D eigenvalue weighted by Crippen LogP contribution is 2.25. The number of aryl methyl sites for hydroxylation is 1. The van der Waals surface area contributed by atoms with Crippen molar-refractivity contribution in [1.29, 1.82) is 0 Å². The molecule has 0 atom stereocenters. The first kappa shape index (κ1) is 15.8. The van der Waals surface area contributed by atoms with Crippen molar-refractivity contribution in [1.82, 2.24) is 4.98 Å². The lowest BCUT2D eigenvalue weighted by Gasteiger charge is -2.17. The molecule has 112 valence electrons. The summed E-state index contributed by atoms with van der Waals surface area (Å²) < 4.78 is 28.4. The van der Waals surface area contributed by atoms with Crippen molar-refractivity contribution in [2.24, 2.45) is 0 Å². The highest BCUT2D eigenvalue weighted by atomic mass is 79.9. The lowest BCUT2D eigenvalue weighted by Crippen LogP contribution is -2.18. The van der Waals surface area contributed by atoms with Gasteiger partial charge in [0.25, 0.3) is 10.0 Å². The standard InChI is InChI=1S/C14H16BrN3O2S/c1-10-9-11(6-7-12(10)15)21(19,20)17-13-5-4-8-16-14(13)18(2)3/h4-9,17H,1-3H3. The van der Waals surface area contributed by atoms with Crippen molar-refractivity contribution < 1.29 is 8.42 Å². The summed E-state index contributed by atoms with van der Waals surface area (Å²) in [5.41, 5.74) is 1.31. The molecule has 0 bridgehead atoms. The van der Waals surface area contributed by atoms with Crippen molar-refractivity contribution in [3.8, 4) is 0 Å². The molecule has 0 aliphatic heterocycles. The van der Waals surface area contributed by atoms with Crippen LogP contribution in [-0.4, -0.2) is 27.5 Å². The van der Waals surface area contributed by atoms with Gasteiger partial charge in [0.2, 0.25) is 0 Å². The number of hydrogen-bond donors (Lipinski definition) is 1. The fraction of sp³-hybridized carbons (Fsp3) is 0.214. The van der Waals surface area contributed by atoms with Crippen LogP contribution < -0.4 is 9.62 Å². The van der Waals surface area contributed by atoms with Crippen LogP contribution in [0.5, 0.6) is 0 Å². The molecule has 0 fully saturated rings. The molecule has 5 nitrogen and oxygen atoms in total. The van der Waals surface area contributed by atoms with E-state index < -0.39 is 10.0 Å². The molecule has 0 saturated heterocycles. The number of aromatic nitrogens is 1. The Balaban J connectivity index is 2.40. The van der Waals surface area contributed by atoms with Crippen molar-refractivity contribution in [2.75, 3.05) is 23.7 Å². The fourth-order valence-electron chi connectivity index (χ4n) is 1.82. The first-order valence-corrected chi connectivity index (χ1v) is 8.50. The van der Waals surface area contributed by atoms with Crippen LogP contribution in [-0.2, 0) is 10.0 Å². The minimum Gasteiger partial charge on any atom is -0.361 e. The summed E-state index contributed by atoms with van der Waals surface area (Å²) >= 11 is 3.36. The highest BCUT2D eigenvalue weighted by molar-refractivity contribution is 9.10. The van der Waals surface area contributed by atoms with E-state index in [-0.39, 0.29) is 4.90 Å². The summed E-state index contributed by atoms with van der Waals surface area (Å²) in [6, 6.07) is 8.28. The van der Waals surface area contributed by atoms with Crippen LogP contribution in [0.4, 0.5) is 11.5 Å². The van der Waals surface area contributed by atoms with E-state index >= 15 is 0 Å². The molecule has 0 unspecified atom stereocenters. The number of nitrogens with zero attached hydrogens (tertiary/aromatic N) is 2. The van der Waals surface area contributed by atoms with E-state index in [2.05, 4.69) is 25.6 Å². The van der Waals surface area contributed by atoms with E-state index in [1.165, 1.54) is 0 Å². The quantitative estimate of drug-likeness (QED) is 0.899. The Morgan fingerprint density at radius 3 is 2.57 bits per heavy atom. The second-order valence-corrected chi connectivity index (χ2v) is 7.32. The van der Waals surface area contributed by atoms with E-state index in [0.29, 0.717) is 11.5 Å². The maximum atomic E-state index is 12.5. The third-order valence-electron chi connectivity index (χ3n) is 2.89. The molecule has 0 spiro atoms. The number of halogens is 1. The van der Waals surface area contributed by atoms with Crippen LogP contribution >= 0.6 is 15.9 Å². The maximum absolute atomic E-state index is 12.5. The maximum Gasteiger partial charge on any atom is 0.262 e. The number of benzene rings is 1. The molecular formula is C14H16BrN3O2S. The Labute approximate surface area is 133 Å². The predicted molar refractivity (Wildman–Crippen MR) is 88.3 cm³/mol. The van der Waals surface area contributed by atoms with Crippen LogP contribution in [0, 0.1) is 6.92 Å². The van der Waals surface area contributed by atoms with E-state index in [4.69, 9.17) is 0 Å². The minimum absolute atomic E-state index is 0.219. The van der Waals surface area contributed by atoms with Gasteiger partial charge in [0.05, 0.1) is 10.6 Å². The van der Waals surface area contributed by atoms with Crippen molar-refractivity contribution in [3.63, 3.8) is 0 Å². The van der Waals surface area contributed by atoms with Crippen LogP contribution in [0.2, 0.25) is 0 Å². The fourth-order valence-corrected chi connectivity index (χ4v) is 3.21. The SMILES string of the molecule is Cc1cc(S(=O)(=O)Nc2cccnc2N(C)C)ccc1Br. The Morgan fingerprint density at radius 1 is 1.24 bits per heavy atom. The first-order valence-electron chi connectivity index (χ1n) is 6.22. The van der Waals surface area contributed by atoms with Gasteiger partial charge in [0.15, 0.2) is 5.82 Å². The summed E-state index contributed by atoms with van der Waals surface area (Å²) in [5.74, 6) is 0.565. The molecule has 0 aliphatic rings. The third-order valence-corrected chi connectivity index (χ3v) is 5.15. The zero-order valence-corrected chi connectivity index (χ0v) is 14.4. The van der Waals surface area contributed by atoms with Crippen molar-refractivity contribution in [3.05, 3.63) is 46.6 Å². The van der Waals surface area contributed by atoms with Gasteiger partial charge in [-0.1, -0.05) is 15.9 Å². The summed E-state index contributed by atoms with van der Waals surface area (Å²) in [5, 5.41) is 0. The summed E-state index contributed by atoms with van der Waals surface area (Å²) in [4.78, 5) is 6.15. The zero-order valence-electron chi connectivity index (χ0n) is 12.0. The molecule has 0 amide bonds. The molecule has 0 aliphatic carbocycles. The number of hydrogen-bond acceptors (Lipinski definition) is 4. The van der Waals surface area contributed by atoms with Gasteiger partial charge in [-0.25, -0.2) is 13.4 Å². The number of sulfonamides is 1. The Kier molecular flexibility index (Phi) is 4.53. The topological polar surface area (TPSA) is 62.3 Å². The summed E-state index contributed by atoms with van der Waals surface area (Å²) in [7, 11) is -0.0272. The number of nitrogens with one attached hydrogen (secondary N) is 1. The van der Waals surface area contributed by atoms with Crippen LogP contribution in [0.1, 0.15) is 5.56 Å². The van der Waals surface area contributed by atoms with Gasteiger partial charge in [-0.05, 0) is 42.8 Å². The molecule has 7 heteroatoms. The predicted octanol–water partition coefficient (Wildman–Crippen LogP) is 3.02. The molecule has 2 rings (SSSR count). The van der Waals surface area contributed by atoms with E-state index in [9.17, 15) is 8.42 Å². The third kappa shape index (κ3) is 3.54. The monoisotopic (exact) mass is 369 g/mol. The Bertz CT molecular complexity index is 761. The molecule has 1 aromatic carbocycles. The molecular weight excluding hydrogens is 354 g/mol. The number of anilines is 2. The molecule has 1 N–H and O–H groups in total. The van der Waals surface area contributed by atoms with Gasteiger partial charge >= 0.3 is 0 Å². The first-order chi connectivity index (χ1) is 9.81. The number of rotatable bonds is 4. The molecule has 0 saturated carbocycles. The van der Waals surface area contributed by atoms with Crippen molar-refractivity contribution >= 4 is 37.5 Å². The summed E-state index contributed by atoms with van der Waals surface area (Å²) in [6.45, 7) is 1.85. The Hall–Kier alpha value is -1.60. The van der Waals surface area contributed by atoms with Gasteiger partial charge in [0.1, 0.15) is 0 Å². The molecule has 21 heavy (non-hydrogen) atoms. The average molecular weight is 370 g/mol. The molecule has 1 heterocycles. The lowest BCUT2D eigenvalue weighted by atomic mass is 10.2. The minimum atomic E-state index is -3.65. The lowest BCUT2D eigenvalue weighted by molar-refractivity contribution is 0.601. The van der Waals surface area contributed by atoms with Gasteiger partial charge in [-0.3, -0.25) is 4.72 Å². The van der Waals surface area contributed by atoms with Crippen molar-refractivity contribution in [2.45, 2.75) is 11.8 Å². The Morgan fingerprint density at radius 2 is 1.95 bits per heavy atom. The van der Waals surface area contributed by atoms with E-state index in [1.807, 2.05) is 21.0 Å². The second-order valence-electron chi connectivity index (χ2n) is 4.79. The van der Waals surface area contributed by atoms with Gasteiger partial charge < -0.3 is 4.90 Å². The normalized spacial score (nSPS) is 11.2. The van der Waals surface area contributed by atoms with Gasteiger partial charge in [0, 0.05) is 24.8 Å². The molecule has 1 aromatic heterocycles. The van der Waals surface area contributed by atoms with Gasteiger partial charge in [-0.2, -0.15) is 0 Å². The van der Waals surface area contributed by atoms with E-state index in [0.717, 1.165) is 10.0 Å². The number of pyridine rings is 1. The zero-order chi connectivity index (χ0) is 15.6. The van der Waals surface area contributed by atoms with Crippen LogP contribution in [0.15, 0.2) is 45.9 Å².